The number of nitrogens with one attached hydrogen (secondary N) is 1. The highest BCUT2D eigenvalue weighted by atomic mass is 32.2. The Hall–Kier alpha value is -3.96. The summed E-state index contributed by atoms with van der Waals surface area (Å²) in [7, 11) is -3.56. The largest absolute Gasteiger partial charge is 0.462 e. The van der Waals surface area contributed by atoms with E-state index < -0.39 is 34.5 Å². The van der Waals surface area contributed by atoms with Gasteiger partial charge in [-0.3, -0.25) is 4.79 Å². The van der Waals surface area contributed by atoms with Crippen molar-refractivity contribution in [2.45, 2.75) is 6.92 Å². The number of nitrogens with zero attached hydrogens (tertiary/aromatic N) is 1. The van der Waals surface area contributed by atoms with Crippen LogP contribution in [0.15, 0.2) is 66.9 Å². The molecule has 0 aliphatic carbocycles. The SMILES string of the molecule is CCOC(=O)c1cc(-c2ccccc2)sc1NC(=O)COC(=O)c1ccc2ccn(S(C)(=O)=O)c2c1. The second kappa shape index (κ2) is 10.3. The first kappa shape index (κ1) is 25.1. The Morgan fingerprint density at radius 2 is 1.72 bits per heavy atom. The van der Waals surface area contributed by atoms with Crippen LogP contribution >= 0.6 is 11.3 Å². The molecule has 1 amide bonds. The van der Waals surface area contributed by atoms with E-state index in [2.05, 4.69) is 5.32 Å². The number of anilines is 1. The van der Waals surface area contributed by atoms with Crippen molar-refractivity contribution >= 4 is 55.1 Å². The van der Waals surface area contributed by atoms with Crippen molar-refractivity contribution in [3.63, 3.8) is 0 Å². The normalized spacial score (nSPS) is 11.3. The predicted octanol–water partition coefficient (Wildman–Crippen LogP) is 4.15. The van der Waals surface area contributed by atoms with Gasteiger partial charge in [0.1, 0.15) is 5.00 Å². The summed E-state index contributed by atoms with van der Waals surface area (Å²) >= 11 is 1.20. The van der Waals surface area contributed by atoms with E-state index in [0.29, 0.717) is 10.9 Å². The highest BCUT2D eigenvalue weighted by molar-refractivity contribution is 7.89. The maximum Gasteiger partial charge on any atom is 0.341 e. The lowest BCUT2D eigenvalue weighted by Gasteiger charge is -2.08. The van der Waals surface area contributed by atoms with E-state index in [4.69, 9.17) is 9.47 Å². The first-order valence-electron chi connectivity index (χ1n) is 10.8. The third-order valence-corrected chi connectivity index (χ3v) is 7.26. The summed E-state index contributed by atoms with van der Waals surface area (Å²) in [6, 6.07) is 17.1. The molecule has 0 aliphatic rings. The zero-order chi connectivity index (χ0) is 25.9. The highest BCUT2D eigenvalue weighted by Crippen LogP contribution is 2.36. The second-order valence-electron chi connectivity index (χ2n) is 7.71. The van der Waals surface area contributed by atoms with Gasteiger partial charge in [-0.2, -0.15) is 0 Å². The van der Waals surface area contributed by atoms with Gasteiger partial charge in [0.25, 0.3) is 5.91 Å². The summed E-state index contributed by atoms with van der Waals surface area (Å²) in [4.78, 5) is 38.3. The van der Waals surface area contributed by atoms with Crippen LogP contribution in [-0.2, 0) is 24.3 Å². The highest BCUT2D eigenvalue weighted by Gasteiger charge is 2.21. The molecule has 2 heterocycles. The summed E-state index contributed by atoms with van der Waals surface area (Å²) in [6.45, 7) is 1.25. The molecule has 4 rings (SSSR count). The number of carbonyl (C=O) groups is 3. The quantitative estimate of drug-likeness (QED) is 0.342. The van der Waals surface area contributed by atoms with Crippen LogP contribution in [0.1, 0.15) is 27.6 Å². The van der Waals surface area contributed by atoms with Gasteiger partial charge in [0, 0.05) is 16.5 Å². The number of hydrogen-bond donors (Lipinski definition) is 1. The van der Waals surface area contributed by atoms with Crippen molar-refractivity contribution in [1.82, 2.24) is 3.97 Å². The number of fused-ring (bicyclic) bond motifs is 1. The molecule has 2 aromatic carbocycles. The van der Waals surface area contributed by atoms with Crippen LogP contribution in [0.2, 0.25) is 0 Å². The number of benzene rings is 2. The van der Waals surface area contributed by atoms with E-state index in [1.807, 2.05) is 30.3 Å². The lowest BCUT2D eigenvalue weighted by Crippen LogP contribution is -2.21. The van der Waals surface area contributed by atoms with E-state index in [0.717, 1.165) is 20.7 Å². The molecule has 0 spiro atoms. The summed E-state index contributed by atoms with van der Waals surface area (Å²) in [5.74, 6) is -2.02. The fourth-order valence-corrected chi connectivity index (χ4v) is 5.35. The fourth-order valence-electron chi connectivity index (χ4n) is 3.49. The second-order valence-corrected chi connectivity index (χ2v) is 10.6. The van der Waals surface area contributed by atoms with Gasteiger partial charge in [0.15, 0.2) is 6.61 Å². The van der Waals surface area contributed by atoms with Gasteiger partial charge in [-0.15, -0.1) is 11.3 Å². The standard InChI is InChI=1S/C25H22N2O7S2/c1-3-33-25(30)19-14-21(17-7-5-4-6-8-17)35-23(19)26-22(28)15-34-24(29)18-10-9-16-11-12-27(20(16)13-18)36(2,31)32/h4-14H,3,15H2,1-2H3,(H,26,28). The average Bonchev–Trinajstić information content (AvgIpc) is 3.47. The van der Waals surface area contributed by atoms with Crippen molar-refractivity contribution in [2.75, 3.05) is 24.8 Å². The summed E-state index contributed by atoms with van der Waals surface area (Å²) < 4.78 is 35.2. The van der Waals surface area contributed by atoms with Crippen LogP contribution in [0.4, 0.5) is 5.00 Å². The van der Waals surface area contributed by atoms with Crippen LogP contribution in [0, 0.1) is 0 Å². The fraction of sp³-hybridized carbons (Fsp3) is 0.160. The molecule has 0 aliphatic heterocycles. The van der Waals surface area contributed by atoms with Gasteiger partial charge in [0.2, 0.25) is 10.0 Å². The minimum atomic E-state index is -3.56. The number of aromatic nitrogens is 1. The summed E-state index contributed by atoms with van der Waals surface area (Å²) in [5, 5.41) is 3.53. The van der Waals surface area contributed by atoms with E-state index in [-0.39, 0.29) is 22.7 Å². The molecule has 2 aromatic heterocycles. The molecule has 0 fully saturated rings. The Morgan fingerprint density at radius 1 is 0.972 bits per heavy atom. The van der Waals surface area contributed by atoms with Gasteiger partial charge in [-0.1, -0.05) is 36.4 Å². The molecule has 1 N–H and O–H groups in total. The van der Waals surface area contributed by atoms with Crippen molar-refractivity contribution in [3.8, 4) is 10.4 Å². The van der Waals surface area contributed by atoms with E-state index >= 15 is 0 Å². The number of rotatable bonds is 8. The number of carbonyl (C=O) groups excluding carboxylic acids is 3. The Kier molecular flexibility index (Phi) is 7.22. The first-order valence-corrected chi connectivity index (χ1v) is 13.5. The zero-order valence-corrected chi connectivity index (χ0v) is 21.0. The molecule has 0 unspecified atom stereocenters. The summed E-state index contributed by atoms with van der Waals surface area (Å²) in [5.41, 5.74) is 1.48. The molecule has 9 nitrogen and oxygen atoms in total. The molecular formula is C25H22N2O7S2. The maximum atomic E-state index is 12.6. The lowest BCUT2D eigenvalue weighted by atomic mass is 10.1. The molecule has 4 aromatic rings. The van der Waals surface area contributed by atoms with Crippen LogP contribution in [-0.4, -0.2) is 49.7 Å². The molecular weight excluding hydrogens is 504 g/mol. The minimum Gasteiger partial charge on any atom is -0.462 e. The van der Waals surface area contributed by atoms with Gasteiger partial charge >= 0.3 is 11.9 Å². The van der Waals surface area contributed by atoms with Crippen LogP contribution in [0.3, 0.4) is 0 Å². The number of thiophene rings is 1. The first-order chi connectivity index (χ1) is 17.2. The molecule has 186 valence electrons. The van der Waals surface area contributed by atoms with Gasteiger partial charge < -0.3 is 14.8 Å². The van der Waals surface area contributed by atoms with Gasteiger partial charge in [0.05, 0.1) is 29.5 Å². The topological polar surface area (TPSA) is 121 Å². The molecule has 0 bridgehead atoms. The number of amides is 1. The van der Waals surface area contributed by atoms with Gasteiger partial charge in [-0.25, -0.2) is 22.0 Å². The molecule has 11 heteroatoms. The molecule has 0 saturated heterocycles. The Morgan fingerprint density at radius 3 is 2.42 bits per heavy atom. The molecule has 0 radical (unpaired) electrons. The van der Waals surface area contributed by atoms with E-state index in [1.165, 1.54) is 29.7 Å². The van der Waals surface area contributed by atoms with E-state index in [9.17, 15) is 22.8 Å². The van der Waals surface area contributed by atoms with Crippen molar-refractivity contribution in [1.29, 1.82) is 0 Å². The lowest BCUT2D eigenvalue weighted by molar-refractivity contribution is -0.119. The van der Waals surface area contributed by atoms with Crippen molar-refractivity contribution in [3.05, 3.63) is 78.0 Å². The maximum absolute atomic E-state index is 12.6. The third kappa shape index (κ3) is 5.47. The Balaban J connectivity index is 1.48. The number of hydrogen-bond acceptors (Lipinski definition) is 8. The zero-order valence-electron chi connectivity index (χ0n) is 19.4. The van der Waals surface area contributed by atoms with Crippen molar-refractivity contribution in [2.24, 2.45) is 0 Å². The van der Waals surface area contributed by atoms with Crippen LogP contribution in [0.25, 0.3) is 21.3 Å². The molecule has 0 saturated carbocycles. The van der Waals surface area contributed by atoms with E-state index in [1.54, 1.807) is 25.1 Å². The predicted molar refractivity (Wildman–Crippen MR) is 137 cm³/mol. The smallest absolute Gasteiger partial charge is 0.341 e. The average molecular weight is 527 g/mol. The molecule has 36 heavy (non-hydrogen) atoms. The summed E-state index contributed by atoms with van der Waals surface area (Å²) in [6.07, 6.45) is 2.45. The number of esters is 2. The monoisotopic (exact) mass is 526 g/mol. The third-order valence-electron chi connectivity index (χ3n) is 5.12. The van der Waals surface area contributed by atoms with Gasteiger partial charge in [-0.05, 0) is 36.8 Å². The molecule has 0 atom stereocenters. The minimum absolute atomic E-state index is 0.0913. The van der Waals surface area contributed by atoms with Crippen LogP contribution < -0.4 is 5.32 Å². The van der Waals surface area contributed by atoms with Crippen molar-refractivity contribution < 1.29 is 32.3 Å². The number of ether oxygens (including phenoxy) is 2. The Labute approximate surface area is 211 Å². The van der Waals surface area contributed by atoms with Crippen LogP contribution in [0.5, 0.6) is 0 Å². The Bertz CT molecular complexity index is 1550.